The summed E-state index contributed by atoms with van der Waals surface area (Å²) >= 11 is 3.36. The first-order valence-corrected chi connectivity index (χ1v) is 6.89. The Labute approximate surface area is 126 Å². The van der Waals surface area contributed by atoms with Gasteiger partial charge in [0.2, 0.25) is 0 Å². The summed E-state index contributed by atoms with van der Waals surface area (Å²) in [6, 6.07) is 12.8. The highest BCUT2D eigenvalue weighted by Crippen LogP contribution is 2.24. The van der Waals surface area contributed by atoms with Crippen LogP contribution in [0.4, 0.5) is 11.4 Å². The summed E-state index contributed by atoms with van der Waals surface area (Å²) in [5, 5.41) is 2.72. The molecule has 0 aliphatic carbocycles. The van der Waals surface area contributed by atoms with Gasteiger partial charge in [-0.2, -0.15) is 0 Å². The summed E-state index contributed by atoms with van der Waals surface area (Å²) in [5.41, 5.74) is 8.02. The summed E-state index contributed by atoms with van der Waals surface area (Å²) in [6.45, 7) is 1.87. The largest absolute Gasteiger partial charge is 0.483 e. The Bertz CT molecular complexity index is 629. The molecular weight excluding hydrogens is 320 g/mol. The van der Waals surface area contributed by atoms with Gasteiger partial charge in [-0.3, -0.25) is 4.79 Å². The lowest BCUT2D eigenvalue weighted by molar-refractivity contribution is -0.118. The zero-order chi connectivity index (χ0) is 14.5. The highest BCUT2D eigenvalue weighted by molar-refractivity contribution is 9.10. The lowest BCUT2D eigenvalue weighted by Gasteiger charge is -2.10. The molecule has 0 atom stereocenters. The molecule has 5 heteroatoms. The van der Waals surface area contributed by atoms with Gasteiger partial charge in [0, 0.05) is 0 Å². The molecule has 0 bridgehead atoms. The van der Waals surface area contributed by atoms with Crippen LogP contribution in [0.5, 0.6) is 5.75 Å². The van der Waals surface area contributed by atoms with Gasteiger partial charge >= 0.3 is 0 Å². The topological polar surface area (TPSA) is 64.3 Å². The second-order valence-electron chi connectivity index (χ2n) is 4.36. The average molecular weight is 335 g/mol. The molecule has 0 aromatic heterocycles. The molecule has 0 unspecified atom stereocenters. The maximum Gasteiger partial charge on any atom is 0.262 e. The van der Waals surface area contributed by atoms with Gasteiger partial charge in [-0.15, -0.1) is 0 Å². The zero-order valence-corrected chi connectivity index (χ0v) is 12.6. The number of ether oxygens (including phenoxy) is 1. The number of nitrogens with one attached hydrogen (secondary N) is 1. The van der Waals surface area contributed by atoms with E-state index in [1.54, 1.807) is 12.1 Å². The van der Waals surface area contributed by atoms with Gasteiger partial charge in [0.1, 0.15) is 5.75 Å². The second-order valence-corrected chi connectivity index (χ2v) is 5.21. The Morgan fingerprint density at radius 3 is 2.75 bits per heavy atom. The molecule has 0 fully saturated rings. The van der Waals surface area contributed by atoms with E-state index in [2.05, 4.69) is 21.2 Å². The van der Waals surface area contributed by atoms with Crippen LogP contribution in [-0.4, -0.2) is 12.5 Å². The Balaban J connectivity index is 1.94. The van der Waals surface area contributed by atoms with Crippen LogP contribution >= 0.6 is 15.9 Å². The minimum atomic E-state index is -0.253. The summed E-state index contributed by atoms with van der Waals surface area (Å²) in [5.74, 6) is 0.371. The van der Waals surface area contributed by atoms with Crippen LogP contribution in [0, 0.1) is 6.92 Å². The van der Waals surface area contributed by atoms with Gasteiger partial charge in [-0.1, -0.05) is 18.2 Å². The van der Waals surface area contributed by atoms with Crippen molar-refractivity contribution in [3.63, 3.8) is 0 Å². The van der Waals surface area contributed by atoms with Crippen molar-refractivity contribution in [3.05, 3.63) is 52.5 Å². The van der Waals surface area contributed by atoms with Crippen molar-refractivity contribution in [2.75, 3.05) is 17.7 Å². The number of anilines is 2. The van der Waals surface area contributed by atoms with Crippen LogP contribution in [0.25, 0.3) is 0 Å². The van der Waals surface area contributed by atoms with E-state index in [0.29, 0.717) is 17.1 Å². The van der Waals surface area contributed by atoms with Gasteiger partial charge in [0.05, 0.1) is 15.8 Å². The van der Waals surface area contributed by atoms with E-state index in [1.807, 2.05) is 37.3 Å². The Kier molecular flexibility index (Phi) is 4.63. The number of hydrogen-bond donors (Lipinski definition) is 2. The van der Waals surface area contributed by atoms with E-state index in [9.17, 15) is 4.79 Å². The predicted molar refractivity (Wildman–Crippen MR) is 83.9 cm³/mol. The van der Waals surface area contributed by atoms with Crippen molar-refractivity contribution in [3.8, 4) is 5.75 Å². The number of hydrogen-bond acceptors (Lipinski definition) is 3. The number of carbonyl (C=O) groups is 1. The smallest absolute Gasteiger partial charge is 0.262 e. The van der Waals surface area contributed by atoms with Gasteiger partial charge in [0.25, 0.3) is 5.91 Å². The first kappa shape index (κ1) is 14.4. The molecule has 0 aliphatic rings. The Hall–Kier alpha value is -2.01. The van der Waals surface area contributed by atoms with Crippen LogP contribution < -0.4 is 15.8 Å². The van der Waals surface area contributed by atoms with E-state index < -0.39 is 0 Å². The van der Waals surface area contributed by atoms with Gasteiger partial charge in [-0.05, 0) is 52.7 Å². The molecule has 0 radical (unpaired) electrons. The number of carbonyl (C=O) groups excluding carboxylic acids is 1. The molecule has 0 saturated carbocycles. The van der Waals surface area contributed by atoms with Crippen LogP contribution in [0.3, 0.4) is 0 Å². The molecule has 104 valence electrons. The molecule has 2 aromatic carbocycles. The number of nitrogen functional groups attached to an aromatic ring is 1. The van der Waals surface area contributed by atoms with Crippen molar-refractivity contribution >= 4 is 33.2 Å². The minimum absolute atomic E-state index is 0.0735. The SMILES string of the molecule is Cc1ccc(NC(=O)COc2ccccc2Br)c(N)c1. The van der Waals surface area contributed by atoms with Crippen LogP contribution in [-0.2, 0) is 4.79 Å². The quantitative estimate of drug-likeness (QED) is 0.842. The lowest BCUT2D eigenvalue weighted by atomic mass is 10.2. The van der Waals surface area contributed by atoms with E-state index in [1.165, 1.54) is 0 Å². The Morgan fingerprint density at radius 2 is 2.05 bits per heavy atom. The molecule has 20 heavy (non-hydrogen) atoms. The minimum Gasteiger partial charge on any atom is -0.483 e. The Morgan fingerprint density at radius 1 is 1.30 bits per heavy atom. The van der Waals surface area contributed by atoms with Crippen molar-refractivity contribution < 1.29 is 9.53 Å². The average Bonchev–Trinajstić information content (AvgIpc) is 2.41. The van der Waals surface area contributed by atoms with Crippen LogP contribution in [0.15, 0.2) is 46.9 Å². The molecule has 0 spiro atoms. The fraction of sp³-hybridized carbons (Fsp3) is 0.133. The fourth-order valence-electron chi connectivity index (χ4n) is 1.69. The first-order chi connectivity index (χ1) is 9.56. The standard InChI is InChI=1S/C15H15BrN2O2/c1-10-6-7-13(12(17)8-10)18-15(19)9-20-14-5-3-2-4-11(14)16/h2-8H,9,17H2,1H3,(H,18,19). The number of aryl methyl sites for hydroxylation is 1. The second kappa shape index (κ2) is 6.43. The normalized spacial score (nSPS) is 10.1. The lowest BCUT2D eigenvalue weighted by Crippen LogP contribution is -2.20. The van der Waals surface area contributed by atoms with Crippen molar-refractivity contribution in [2.45, 2.75) is 6.92 Å². The molecule has 0 heterocycles. The number of rotatable bonds is 4. The van der Waals surface area contributed by atoms with E-state index in [0.717, 1.165) is 10.0 Å². The monoisotopic (exact) mass is 334 g/mol. The highest BCUT2D eigenvalue weighted by Gasteiger charge is 2.07. The first-order valence-electron chi connectivity index (χ1n) is 6.09. The molecule has 1 amide bonds. The van der Waals surface area contributed by atoms with Gasteiger partial charge in [0.15, 0.2) is 6.61 Å². The number of halogens is 1. The molecule has 2 rings (SSSR count). The molecular formula is C15H15BrN2O2. The third kappa shape index (κ3) is 3.74. The molecule has 2 aromatic rings. The van der Waals surface area contributed by atoms with Crippen molar-refractivity contribution in [1.29, 1.82) is 0 Å². The van der Waals surface area contributed by atoms with Crippen LogP contribution in [0.1, 0.15) is 5.56 Å². The molecule has 0 saturated heterocycles. The van der Waals surface area contributed by atoms with Gasteiger partial charge in [-0.25, -0.2) is 0 Å². The number of benzene rings is 2. The summed E-state index contributed by atoms with van der Waals surface area (Å²) in [4.78, 5) is 11.8. The molecule has 3 N–H and O–H groups in total. The number of nitrogens with two attached hydrogens (primary N) is 1. The van der Waals surface area contributed by atoms with Crippen LogP contribution in [0.2, 0.25) is 0 Å². The maximum atomic E-state index is 11.8. The van der Waals surface area contributed by atoms with E-state index in [4.69, 9.17) is 10.5 Å². The third-order valence-electron chi connectivity index (χ3n) is 2.68. The van der Waals surface area contributed by atoms with E-state index >= 15 is 0 Å². The summed E-state index contributed by atoms with van der Waals surface area (Å²) in [6.07, 6.45) is 0. The molecule has 0 aliphatic heterocycles. The number of para-hydroxylation sites is 1. The van der Waals surface area contributed by atoms with E-state index in [-0.39, 0.29) is 12.5 Å². The maximum absolute atomic E-state index is 11.8. The fourth-order valence-corrected chi connectivity index (χ4v) is 2.09. The summed E-state index contributed by atoms with van der Waals surface area (Å²) < 4.78 is 6.24. The van der Waals surface area contributed by atoms with Crippen molar-refractivity contribution in [1.82, 2.24) is 0 Å². The van der Waals surface area contributed by atoms with Crippen molar-refractivity contribution in [2.24, 2.45) is 0 Å². The predicted octanol–water partition coefficient (Wildman–Crippen LogP) is 3.36. The van der Waals surface area contributed by atoms with Gasteiger partial charge < -0.3 is 15.8 Å². The zero-order valence-electron chi connectivity index (χ0n) is 11.0. The summed E-state index contributed by atoms with van der Waals surface area (Å²) in [7, 11) is 0. The third-order valence-corrected chi connectivity index (χ3v) is 3.33. The molecule has 4 nitrogen and oxygen atoms in total. The highest BCUT2D eigenvalue weighted by atomic mass is 79.9. The number of amides is 1.